The predicted molar refractivity (Wildman–Crippen MR) is 75.3 cm³/mol. The van der Waals surface area contributed by atoms with Crippen LogP contribution in [0.4, 0.5) is 10.2 Å². The maximum Gasteiger partial charge on any atom is 0.239 e. The molecule has 20 heavy (non-hydrogen) atoms. The Balaban J connectivity index is 2.18. The Morgan fingerprint density at radius 3 is 2.90 bits per heavy atom. The van der Waals surface area contributed by atoms with Crippen LogP contribution in [0.2, 0.25) is 0 Å². The van der Waals surface area contributed by atoms with Gasteiger partial charge in [-0.15, -0.1) is 0 Å². The van der Waals surface area contributed by atoms with Crippen molar-refractivity contribution in [2.24, 2.45) is 0 Å². The third kappa shape index (κ3) is 1.97. The molecule has 0 saturated heterocycles. The summed E-state index contributed by atoms with van der Waals surface area (Å²) >= 11 is 0. The summed E-state index contributed by atoms with van der Waals surface area (Å²) < 4.78 is 16.0. The predicted octanol–water partition coefficient (Wildman–Crippen LogP) is 3.14. The van der Waals surface area contributed by atoms with Gasteiger partial charge in [-0.25, -0.2) is 15.9 Å². The summed E-state index contributed by atoms with van der Waals surface area (Å²) in [5, 5.41) is 0. The van der Waals surface area contributed by atoms with Crippen molar-refractivity contribution in [3.8, 4) is 11.3 Å². The first-order valence-electron chi connectivity index (χ1n) is 6.04. The van der Waals surface area contributed by atoms with E-state index in [0.29, 0.717) is 28.3 Å². The summed E-state index contributed by atoms with van der Waals surface area (Å²) in [4.78, 5) is 7.41. The molecule has 3 rings (SSSR count). The van der Waals surface area contributed by atoms with Gasteiger partial charge in [-0.2, -0.15) is 0 Å². The molecular formula is C15H11FN4. The second-order valence-corrected chi connectivity index (χ2v) is 4.44. The summed E-state index contributed by atoms with van der Waals surface area (Å²) in [5.74, 6) is 0.0356. The molecule has 0 aliphatic carbocycles. The Morgan fingerprint density at radius 2 is 2.15 bits per heavy atom. The van der Waals surface area contributed by atoms with E-state index in [4.69, 9.17) is 12.3 Å². The van der Waals surface area contributed by atoms with E-state index in [9.17, 15) is 4.39 Å². The molecule has 0 unspecified atom stereocenters. The van der Waals surface area contributed by atoms with E-state index < -0.39 is 0 Å². The highest BCUT2D eigenvalue weighted by molar-refractivity contribution is 5.66. The molecule has 0 radical (unpaired) electrons. The molecule has 4 nitrogen and oxygen atoms in total. The largest absolute Gasteiger partial charge is 0.382 e. The van der Waals surface area contributed by atoms with Gasteiger partial charge in [0.05, 0.1) is 11.9 Å². The zero-order chi connectivity index (χ0) is 14.1. The summed E-state index contributed by atoms with van der Waals surface area (Å²) in [6.07, 6.45) is 1.66. The fraction of sp³-hybridized carbons (Fsp3) is 0.0667. The van der Waals surface area contributed by atoms with Gasteiger partial charge in [-0.1, -0.05) is 12.1 Å². The zero-order valence-electron chi connectivity index (χ0n) is 10.5. The normalized spacial score (nSPS) is 10.6. The van der Waals surface area contributed by atoms with Crippen LogP contribution in [0.3, 0.4) is 0 Å². The fourth-order valence-electron chi connectivity index (χ4n) is 2.21. The van der Waals surface area contributed by atoms with Gasteiger partial charge in [0.2, 0.25) is 6.54 Å². The van der Waals surface area contributed by atoms with Crippen LogP contribution in [0.5, 0.6) is 0 Å². The van der Waals surface area contributed by atoms with Gasteiger partial charge in [-0.3, -0.25) is 4.40 Å². The highest BCUT2D eigenvalue weighted by Crippen LogP contribution is 2.25. The van der Waals surface area contributed by atoms with E-state index >= 15 is 0 Å². The van der Waals surface area contributed by atoms with Crippen molar-refractivity contribution >= 4 is 11.5 Å². The first kappa shape index (κ1) is 12.2. The number of nitrogens with zero attached hydrogens (tertiary/aromatic N) is 3. The number of aromatic nitrogens is 2. The van der Waals surface area contributed by atoms with Gasteiger partial charge < -0.3 is 10.6 Å². The third-order valence-electron chi connectivity index (χ3n) is 3.08. The van der Waals surface area contributed by atoms with Crippen molar-refractivity contribution in [1.82, 2.24) is 9.38 Å². The Kier molecular flexibility index (Phi) is 2.84. The molecular weight excluding hydrogens is 255 g/mol. The van der Waals surface area contributed by atoms with Gasteiger partial charge in [0.25, 0.3) is 0 Å². The minimum Gasteiger partial charge on any atom is -0.382 e. The zero-order valence-corrected chi connectivity index (χ0v) is 10.5. The molecule has 0 aliphatic heterocycles. The molecule has 2 heterocycles. The molecule has 5 heteroatoms. The van der Waals surface area contributed by atoms with E-state index in [2.05, 4.69) is 9.83 Å². The van der Waals surface area contributed by atoms with Gasteiger partial charge in [-0.05, 0) is 24.3 Å². The highest BCUT2D eigenvalue weighted by atomic mass is 19.1. The van der Waals surface area contributed by atoms with Gasteiger partial charge in [0.15, 0.2) is 0 Å². The first-order valence-corrected chi connectivity index (χ1v) is 6.04. The van der Waals surface area contributed by atoms with E-state index in [-0.39, 0.29) is 12.4 Å². The fourth-order valence-corrected chi connectivity index (χ4v) is 2.21. The quantitative estimate of drug-likeness (QED) is 0.724. The number of rotatable bonds is 2. The molecule has 0 bridgehead atoms. The average Bonchev–Trinajstić information content (AvgIpc) is 2.79. The molecule has 2 aromatic heterocycles. The molecule has 0 spiro atoms. The van der Waals surface area contributed by atoms with Crippen molar-refractivity contribution in [3.05, 3.63) is 65.4 Å². The summed E-state index contributed by atoms with van der Waals surface area (Å²) in [5.41, 5.74) is 8.16. The lowest BCUT2D eigenvalue weighted by atomic mass is 10.1. The molecule has 3 aromatic rings. The van der Waals surface area contributed by atoms with Crippen LogP contribution in [-0.4, -0.2) is 9.38 Å². The summed E-state index contributed by atoms with van der Waals surface area (Å²) in [6.45, 7) is 7.00. The van der Waals surface area contributed by atoms with Crippen LogP contribution >= 0.6 is 0 Å². The van der Waals surface area contributed by atoms with Crippen molar-refractivity contribution in [2.45, 2.75) is 6.54 Å². The smallest absolute Gasteiger partial charge is 0.239 e. The van der Waals surface area contributed by atoms with Gasteiger partial charge in [0, 0.05) is 11.1 Å². The topological polar surface area (TPSA) is 47.7 Å². The first-order chi connectivity index (χ1) is 9.69. The maximum atomic E-state index is 14.2. The average molecular weight is 266 g/mol. The van der Waals surface area contributed by atoms with Crippen LogP contribution in [-0.2, 0) is 6.54 Å². The molecule has 0 aliphatic rings. The maximum absolute atomic E-state index is 14.2. The lowest BCUT2D eigenvalue weighted by Crippen LogP contribution is -1.94. The molecule has 2 N–H and O–H groups in total. The molecule has 0 amide bonds. The number of benzene rings is 1. The molecule has 98 valence electrons. The Labute approximate surface area is 115 Å². The lowest BCUT2D eigenvalue weighted by molar-refractivity contribution is 0.628. The lowest BCUT2D eigenvalue weighted by Gasteiger charge is -2.07. The molecule has 0 saturated carbocycles. The number of halogens is 1. The number of pyridine rings is 1. The highest BCUT2D eigenvalue weighted by Gasteiger charge is 2.11. The number of imidazole rings is 1. The van der Waals surface area contributed by atoms with Crippen LogP contribution in [0.1, 0.15) is 5.56 Å². The van der Waals surface area contributed by atoms with Crippen LogP contribution < -0.4 is 5.73 Å². The number of nitrogen functional groups attached to an aromatic ring is 1. The third-order valence-corrected chi connectivity index (χ3v) is 3.08. The van der Waals surface area contributed by atoms with Crippen LogP contribution in [0.25, 0.3) is 21.7 Å². The minimum atomic E-state index is -0.356. The van der Waals surface area contributed by atoms with E-state index in [1.165, 1.54) is 6.07 Å². The number of hydrogen-bond acceptors (Lipinski definition) is 2. The number of nitrogens with two attached hydrogens (primary N) is 1. The molecule has 1 aromatic carbocycles. The Hall–Kier alpha value is -2.87. The summed E-state index contributed by atoms with van der Waals surface area (Å²) in [6, 6.07) is 10.3. The van der Waals surface area contributed by atoms with Crippen LogP contribution in [0, 0.1) is 12.4 Å². The number of anilines is 1. The second kappa shape index (κ2) is 4.67. The van der Waals surface area contributed by atoms with Gasteiger partial charge in [0.1, 0.15) is 17.3 Å². The van der Waals surface area contributed by atoms with Gasteiger partial charge >= 0.3 is 0 Å². The SMILES string of the molecule is [C-]#[N+]Cc1ccc(-c2cccc3nc(N)cn23)c(F)c1. The van der Waals surface area contributed by atoms with Crippen LogP contribution in [0.15, 0.2) is 42.6 Å². The van der Waals surface area contributed by atoms with Crippen molar-refractivity contribution < 1.29 is 4.39 Å². The van der Waals surface area contributed by atoms with Crippen molar-refractivity contribution in [3.63, 3.8) is 0 Å². The second-order valence-electron chi connectivity index (χ2n) is 4.44. The Bertz CT molecular complexity index is 829. The monoisotopic (exact) mass is 266 g/mol. The Morgan fingerprint density at radius 1 is 1.30 bits per heavy atom. The van der Waals surface area contributed by atoms with Crippen molar-refractivity contribution in [2.75, 3.05) is 5.73 Å². The molecule has 0 fully saturated rings. The van der Waals surface area contributed by atoms with E-state index in [1.54, 1.807) is 28.8 Å². The van der Waals surface area contributed by atoms with E-state index in [1.807, 2.05) is 12.1 Å². The number of fused-ring (bicyclic) bond motifs is 1. The standard InChI is InChI=1S/C15H11FN4/c1-18-8-10-5-6-11(12(16)7-10)13-3-2-4-15-19-14(17)9-20(13)15/h2-7,9H,8,17H2. The minimum absolute atomic E-state index is 0.180. The summed E-state index contributed by atoms with van der Waals surface area (Å²) in [7, 11) is 0. The van der Waals surface area contributed by atoms with E-state index in [0.717, 1.165) is 0 Å². The number of hydrogen-bond donors (Lipinski definition) is 1. The van der Waals surface area contributed by atoms with Crippen molar-refractivity contribution in [1.29, 1.82) is 0 Å². The molecule has 0 atom stereocenters.